The minimum Gasteiger partial charge on any atom is -0.494 e. The molecule has 0 amide bonds. The SMILES string of the molecule is Cc1cccc(CC(CN)CCOc2ccccc2)c1. The van der Waals surface area contributed by atoms with Gasteiger partial charge in [0.05, 0.1) is 6.61 Å². The van der Waals surface area contributed by atoms with E-state index in [1.54, 1.807) is 0 Å². The van der Waals surface area contributed by atoms with Crippen molar-refractivity contribution in [3.8, 4) is 5.75 Å². The van der Waals surface area contributed by atoms with Gasteiger partial charge in [0.2, 0.25) is 0 Å². The Morgan fingerprint density at radius 1 is 1.05 bits per heavy atom. The molecule has 2 aromatic carbocycles. The van der Waals surface area contributed by atoms with Crippen molar-refractivity contribution in [2.24, 2.45) is 11.7 Å². The molecule has 106 valence electrons. The molecule has 0 bridgehead atoms. The van der Waals surface area contributed by atoms with Crippen LogP contribution in [0.15, 0.2) is 54.6 Å². The maximum Gasteiger partial charge on any atom is 0.119 e. The van der Waals surface area contributed by atoms with Crippen LogP contribution in [0.4, 0.5) is 0 Å². The molecule has 0 saturated heterocycles. The zero-order chi connectivity index (χ0) is 14.2. The fourth-order valence-corrected chi connectivity index (χ4v) is 2.34. The van der Waals surface area contributed by atoms with Gasteiger partial charge >= 0.3 is 0 Å². The zero-order valence-electron chi connectivity index (χ0n) is 12.1. The Kier molecular flexibility index (Phi) is 5.63. The van der Waals surface area contributed by atoms with Gasteiger partial charge in [0, 0.05) is 0 Å². The van der Waals surface area contributed by atoms with Crippen LogP contribution in [0.5, 0.6) is 5.75 Å². The minimum absolute atomic E-state index is 0.473. The van der Waals surface area contributed by atoms with E-state index in [-0.39, 0.29) is 0 Å². The number of nitrogens with two attached hydrogens (primary N) is 1. The largest absolute Gasteiger partial charge is 0.494 e. The van der Waals surface area contributed by atoms with Crippen molar-refractivity contribution in [3.05, 3.63) is 65.7 Å². The number of hydrogen-bond donors (Lipinski definition) is 1. The van der Waals surface area contributed by atoms with Crippen LogP contribution in [-0.4, -0.2) is 13.2 Å². The van der Waals surface area contributed by atoms with Crippen LogP contribution >= 0.6 is 0 Å². The lowest BCUT2D eigenvalue weighted by molar-refractivity contribution is 0.279. The van der Waals surface area contributed by atoms with Crippen molar-refractivity contribution < 1.29 is 4.74 Å². The monoisotopic (exact) mass is 269 g/mol. The number of ether oxygens (including phenoxy) is 1. The Balaban J connectivity index is 1.80. The van der Waals surface area contributed by atoms with Gasteiger partial charge in [0.25, 0.3) is 0 Å². The molecule has 0 spiro atoms. The van der Waals surface area contributed by atoms with E-state index in [4.69, 9.17) is 10.5 Å². The van der Waals surface area contributed by atoms with Gasteiger partial charge in [-0.3, -0.25) is 0 Å². The molecule has 2 nitrogen and oxygen atoms in total. The van der Waals surface area contributed by atoms with Crippen LogP contribution in [0, 0.1) is 12.8 Å². The van der Waals surface area contributed by atoms with Crippen molar-refractivity contribution in [1.82, 2.24) is 0 Å². The topological polar surface area (TPSA) is 35.2 Å². The third kappa shape index (κ3) is 4.71. The summed E-state index contributed by atoms with van der Waals surface area (Å²) in [4.78, 5) is 0. The van der Waals surface area contributed by atoms with Gasteiger partial charge in [-0.2, -0.15) is 0 Å². The van der Waals surface area contributed by atoms with E-state index in [0.717, 1.165) is 25.2 Å². The molecule has 2 N–H and O–H groups in total. The molecule has 0 aromatic heterocycles. The van der Waals surface area contributed by atoms with Gasteiger partial charge < -0.3 is 10.5 Å². The molecule has 0 aliphatic heterocycles. The number of benzene rings is 2. The molecular weight excluding hydrogens is 246 g/mol. The summed E-state index contributed by atoms with van der Waals surface area (Å²) >= 11 is 0. The average molecular weight is 269 g/mol. The van der Waals surface area contributed by atoms with E-state index in [1.165, 1.54) is 11.1 Å². The highest BCUT2D eigenvalue weighted by atomic mass is 16.5. The van der Waals surface area contributed by atoms with Crippen LogP contribution < -0.4 is 10.5 Å². The summed E-state index contributed by atoms with van der Waals surface area (Å²) < 4.78 is 5.74. The van der Waals surface area contributed by atoms with Crippen LogP contribution in [0.25, 0.3) is 0 Å². The average Bonchev–Trinajstić information content (AvgIpc) is 2.47. The molecule has 2 rings (SSSR count). The quantitative estimate of drug-likeness (QED) is 0.834. The molecule has 0 saturated carbocycles. The van der Waals surface area contributed by atoms with E-state index in [2.05, 4.69) is 31.2 Å². The third-order valence-corrected chi connectivity index (χ3v) is 3.48. The molecule has 1 atom stereocenters. The van der Waals surface area contributed by atoms with Crippen molar-refractivity contribution in [2.45, 2.75) is 19.8 Å². The first-order valence-electron chi connectivity index (χ1n) is 7.21. The van der Waals surface area contributed by atoms with E-state index >= 15 is 0 Å². The maximum absolute atomic E-state index is 5.88. The number of hydrogen-bond acceptors (Lipinski definition) is 2. The Bertz CT molecular complexity index is 510. The summed E-state index contributed by atoms with van der Waals surface area (Å²) in [6.07, 6.45) is 2.01. The summed E-state index contributed by atoms with van der Waals surface area (Å²) in [5, 5.41) is 0. The highest BCUT2D eigenvalue weighted by Crippen LogP contribution is 2.15. The molecule has 0 aliphatic rings. The van der Waals surface area contributed by atoms with Crippen LogP contribution in [-0.2, 0) is 6.42 Å². The summed E-state index contributed by atoms with van der Waals surface area (Å²) in [7, 11) is 0. The molecule has 2 heteroatoms. The van der Waals surface area contributed by atoms with Crippen molar-refractivity contribution in [2.75, 3.05) is 13.2 Å². The first-order chi connectivity index (χ1) is 9.78. The summed E-state index contributed by atoms with van der Waals surface area (Å²) in [5.74, 6) is 1.40. The molecule has 20 heavy (non-hydrogen) atoms. The summed E-state index contributed by atoms with van der Waals surface area (Å²) in [6, 6.07) is 18.6. The Morgan fingerprint density at radius 3 is 2.55 bits per heavy atom. The van der Waals surface area contributed by atoms with Gasteiger partial charge in [0.1, 0.15) is 5.75 Å². The number of para-hydroxylation sites is 1. The second-order valence-electron chi connectivity index (χ2n) is 5.25. The van der Waals surface area contributed by atoms with E-state index < -0.39 is 0 Å². The predicted molar refractivity (Wildman–Crippen MR) is 84.0 cm³/mol. The molecule has 0 fully saturated rings. The minimum atomic E-state index is 0.473. The summed E-state index contributed by atoms with van der Waals surface area (Å²) in [6.45, 7) is 3.54. The Morgan fingerprint density at radius 2 is 1.85 bits per heavy atom. The van der Waals surface area contributed by atoms with Crippen molar-refractivity contribution in [1.29, 1.82) is 0 Å². The number of aryl methyl sites for hydroxylation is 1. The van der Waals surface area contributed by atoms with Gasteiger partial charge in [-0.1, -0.05) is 48.0 Å². The third-order valence-electron chi connectivity index (χ3n) is 3.48. The van der Waals surface area contributed by atoms with E-state index in [0.29, 0.717) is 12.5 Å². The van der Waals surface area contributed by atoms with Gasteiger partial charge in [-0.25, -0.2) is 0 Å². The van der Waals surface area contributed by atoms with Crippen molar-refractivity contribution in [3.63, 3.8) is 0 Å². The van der Waals surface area contributed by atoms with E-state index in [9.17, 15) is 0 Å². The van der Waals surface area contributed by atoms with Crippen LogP contribution in [0.1, 0.15) is 17.5 Å². The summed E-state index contributed by atoms with van der Waals surface area (Å²) in [5.41, 5.74) is 8.55. The fraction of sp³-hybridized carbons (Fsp3) is 0.333. The van der Waals surface area contributed by atoms with Gasteiger partial charge in [-0.05, 0) is 49.9 Å². The molecule has 2 aromatic rings. The second kappa shape index (κ2) is 7.71. The zero-order valence-corrected chi connectivity index (χ0v) is 12.1. The fourth-order valence-electron chi connectivity index (χ4n) is 2.34. The highest BCUT2D eigenvalue weighted by Gasteiger charge is 2.08. The first-order valence-corrected chi connectivity index (χ1v) is 7.21. The molecular formula is C18H23NO. The lowest BCUT2D eigenvalue weighted by Gasteiger charge is -2.15. The Hall–Kier alpha value is -1.80. The van der Waals surface area contributed by atoms with Crippen molar-refractivity contribution >= 4 is 0 Å². The second-order valence-corrected chi connectivity index (χ2v) is 5.25. The standard InChI is InChI=1S/C18H23NO/c1-15-6-5-7-16(12-15)13-17(14-19)10-11-20-18-8-3-2-4-9-18/h2-9,12,17H,10-11,13-14,19H2,1H3. The lowest BCUT2D eigenvalue weighted by atomic mass is 9.96. The maximum atomic E-state index is 5.88. The number of rotatable bonds is 7. The predicted octanol–water partition coefficient (Wildman–Crippen LogP) is 3.58. The molecule has 0 aliphatic carbocycles. The van der Waals surface area contributed by atoms with Crippen LogP contribution in [0.2, 0.25) is 0 Å². The van der Waals surface area contributed by atoms with Gasteiger partial charge in [-0.15, -0.1) is 0 Å². The molecule has 0 radical (unpaired) electrons. The first kappa shape index (κ1) is 14.6. The van der Waals surface area contributed by atoms with E-state index in [1.807, 2.05) is 30.3 Å². The Labute approximate surface area is 121 Å². The molecule has 1 unspecified atom stereocenters. The molecule has 0 heterocycles. The van der Waals surface area contributed by atoms with Gasteiger partial charge in [0.15, 0.2) is 0 Å². The highest BCUT2D eigenvalue weighted by molar-refractivity contribution is 5.23. The lowest BCUT2D eigenvalue weighted by Crippen LogP contribution is -2.19. The normalized spacial score (nSPS) is 12.1. The smallest absolute Gasteiger partial charge is 0.119 e. The van der Waals surface area contributed by atoms with Crippen LogP contribution in [0.3, 0.4) is 0 Å².